The molecule has 160 valence electrons. The Bertz CT molecular complexity index is 1540. The Labute approximate surface area is 192 Å². The molecule has 0 atom stereocenters. The van der Waals surface area contributed by atoms with Gasteiger partial charge in [-0.15, -0.1) is 10.2 Å². The highest BCUT2D eigenvalue weighted by molar-refractivity contribution is 6.09. The predicted octanol–water partition coefficient (Wildman–Crippen LogP) is 7.62. The highest BCUT2D eigenvalue weighted by Gasteiger charge is 2.18. The Hall–Kier alpha value is -4.18. The first kappa shape index (κ1) is 19.5. The first-order valence-electron chi connectivity index (χ1n) is 11.2. The van der Waals surface area contributed by atoms with Crippen molar-refractivity contribution in [3.63, 3.8) is 0 Å². The Morgan fingerprint density at radius 2 is 1.21 bits per heavy atom. The maximum Gasteiger partial charge on any atom is 0.250 e. The summed E-state index contributed by atoms with van der Waals surface area (Å²) in [5.41, 5.74) is 6.43. The Morgan fingerprint density at radius 1 is 0.636 bits per heavy atom. The minimum Gasteiger partial charge on any atom is -0.416 e. The van der Waals surface area contributed by atoms with Crippen molar-refractivity contribution in [1.29, 1.82) is 0 Å². The van der Waals surface area contributed by atoms with Gasteiger partial charge in [0.15, 0.2) is 0 Å². The summed E-state index contributed by atoms with van der Waals surface area (Å²) in [5.74, 6) is 1.52. The van der Waals surface area contributed by atoms with Crippen LogP contribution in [0.4, 0.5) is 0 Å². The highest BCUT2D eigenvalue weighted by atomic mass is 16.4. The summed E-state index contributed by atoms with van der Waals surface area (Å²) in [4.78, 5) is 0. The fourth-order valence-electron chi connectivity index (χ4n) is 4.49. The zero-order chi connectivity index (χ0) is 22.4. The summed E-state index contributed by atoms with van der Waals surface area (Å²) >= 11 is 0. The molecule has 0 spiro atoms. The van der Waals surface area contributed by atoms with Gasteiger partial charge >= 0.3 is 0 Å². The molecule has 33 heavy (non-hydrogen) atoms. The second-order valence-electron chi connectivity index (χ2n) is 8.58. The average Bonchev–Trinajstić information content (AvgIpc) is 3.48. The molecule has 0 saturated heterocycles. The average molecular weight is 430 g/mol. The van der Waals surface area contributed by atoms with E-state index in [1.54, 1.807) is 0 Å². The van der Waals surface area contributed by atoms with E-state index in [9.17, 15) is 0 Å². The molecule has 0 aliphatic carbocycles. The van der Waals surface area contributed by atoms with E-state index in [0.29, 0.717) is 17.7 Å². The number of hydrogen-bond acceptors (Lipinski definition) is 3. The van der Waals surface area contributed by atoms with Gasteiger partial charge in [0, 0.05) is 16.3 Å². The topological polar surface area (TPSA) is 43.9 Å². The van der Waals surface area contributed by atoms with Gasteiger partial charge in [-0.3, -0.25) is 0 Å². The van der Waals surface area contributed by atoms with Crippen LogP contribution in [-0.2, 0) is 0 Å². The SMILES string of the molecule is CC(C)c1ccc(-c2nnc(-c3ccccc3-n3c4ccccc4c4ccccc43)o2)cc1. The number of hydrogen-bond donors (Lipinski definition) is 0. The molecule has 0 N–H and O–H groups in total. The van der Waals surface area contributed by atoms with Gasteiger partial charge < -0.3 is 8.98 Å². The molecule has 0 saturated carbocycles. The van der Waals surface area contributed by atoms with Gasteiger partial charge in [-0.1, -0.05) is 74.5 Å². The van der Waals surface area contributed by atoms with Gasteiger partial charge in [-0.25, -0.2) is 0 Å². The van der Waals surface area contributed by atoms with Crippen molar-refractivity contribution in [3.8, 4) is 28.6 Å². The Balaban J connectivity index is 1.51. The third-order valence-electron chi connectivity index (χ3n) is 6.20. The van der Waals surface area contributed by atoms with Crippen LogP contribution in [0.5, 0.6) is 0 Å². The molecule has 0 fully saturated rings. The molecule has 6 aromatic rings. The van der Waals surface area contributed by atoms with Crippen LogP contribution in [0.2, 0.25) is 0 Å². The summed E-state index contributed by atoms with van der Waals surface area (Å²) in [6.45, 7) is 4.37. The predicted molar refractivity (Wildman–Crippen MR) is 134 cm³/mol. The van der Waals surface area contributed by atoms with Crippen LogP contribution >= 0.6 is 0 Å². The van der Waals surface area contributed by atoms with Crippen molar-refractivity contribution in [1.82, 2.24) is 14.8 Å². The molecule has 0 amide bonds. The standard InChI is InChI=1S/C29H23N3O/c1-19(2)20-15-17-21(18-16-20)28-30-31-29(33-28)24-11-5-8-14-27(24)32-25-12-6-3-9-22(25)23-10-4-7-13-26(23)32/h3-19H,1-2H3. The molecule has 4 heteroatoms. The van der Waals surface area contributed by atoms with Crippen molar-refractivity contribution < 1.29 is 4.42 Å². The lowest BCUT2D eigenvalue weighted by atomic mass is 10.0. The summed E-state index contributed by atoms with van der Waals surface area (Å²) in [7, 11) is 0. The quantitative estimate of drug-likeness (QED) is 0.289. The first-order valence-corrected chi connectivity index (χ1v) is 11.2. The monoisotopic (exact) mass is 429 g/mol. The molecule has 2 aromatic heterocycles. The molecule has 0 aliphatic rings. The molecule has 0 radical (unpaired) electrons. The van der Waals surface area contributed by atoms with Gasteiger partial charge in [-0.05, 0) is 47.9 Å². The van der Waals surface area contributed by atoms with E-state index in [2.05, 4.69) is 95.3 Å². The number of benzene rings is 4. The number of aromatic nitrogens is 3. The zero-order valence-corrected chi connectivity index (χ0v) is 18.6. The molecule has 2 heterocycles. The van der Waals surface area contributed by atoms with Crippen LogP contribution < -0.4 is 0 Å². The minimum absolute atomic E-state index is 0.482. The first-order chi connectivity index (χ1) is 16.2. The third-order valence-corrected chi connectivity index (χ3v) is 6.20. The zero-order valence-electron chi connectivity index (χ0n) is 18.6. The van der Waals surface area contributed by atoms with Crippen LogP contribution in [0.3, 0.4) is 0 Å². The molecular weight excluding hydrogens is 406 g/mol. The summed E-state index contributed by atoms with van der Waals surface area (Å²) in [6.07, 6.45) is 0. The number of para-hydroxylation sites is 3. The van der Waals surface area contributed by atoms with Crippen LogP contribution in [0.25, 0.3) is 50.4 Å². The van der Waals surface area contributed by atoms with Crippen molar-refractivity contribution >= 4 is 21.8 Å². The van der Waals surface area contributed by atoms with E-state index in [0.717, 1.165) is 27.8 Å². The van der Waals surface area contributed by atoms with Crippen molar-refractivity contribution in [3.05, 3.63) is 103 Å². The number of fused-ring (bicyclic) bond motifs is 3. The molecule has 0 bridgehead atoms. The lowest BCUT2D eigenvalue weighted by Gasteiger charge is -2.11. The highest BCUT2D eigenvalue weighted by Crippen LogP contribution is 2.36. The Morgan fingerprint density at radius 3 is 1.88 bits per heavy atom. The van der Waals surface area contributed by atoms with E-state index >= 15 is 0 Å². The molecule has 0 unspecified atom stereocenters. The maximum atomic E-state index is 6.18. The molecule has 4 aromatic carbocycles. The van der Waals surface area contributed by atoms with Crippen molar-refractivity contribution in [2.75, 3.05) is 0 Å². The number of nitrogens with zero attached hydrogens (tertiary/aromatic N) is 3. The minimum atomic E-state index is 0.482. The third kappa shape index (κ3) is 3.23. The normalized spacial score (nSPS) is 11.6. The lowest BCUT2D eigenvalue weighted by molar-refractivity contribution is 0.584. The van der Waals surface area contributed by atoms with Gasteiger partial charge in [0.05, 0.1) is 22.3 Å². The fourth-order valence-corrected chi connectivity index (χ4v) is 4.49. The summed E-state index contributed by atoms with van der Waals surface area (Å²) < 4.78 is 8.46. The smallest absolute Gasteiger partial charge is 0.250 e. The molecule has 4 nitrogen and oxygen atoms in total. The van der Waals surface area contributed by atoms with E-state index in [4.69, 9.17) is 4.42 Å². The lowest BCUT2D eigenvalue weighted by Crippen LogP contribution is -1.97. The van der Waals surface area contributed by atoms with Gasteiger partial charge in [0.1, 0.15) is 0 Å². The molecular formula is C29H23N3O. The summed E-state index contributed by atoms with van der Waals surface area (Å²) in [6, 6.07) is 33.5. The molecule has 6 rings (SSSR count). The van der Waals surface area contributed by atoms with E-state index in [1.807, 2.05) is 30.3 Å². The second-order valence-corrected chi connectivity index (χ2v) is 8.58. The maximum absolute atomic E-state index is 6.18. The fraction of sp³-hybridized carbons (Fsp3) is 0.103. The van der Waals surface area contributed by atoms with Crippen LogP contribution in [0.15, 0.2) is 101 Å². The van der Waals surface area contributed by atoms with Crippen molar-refractivity contribution in [2.45, 2.75) is 19.8 Å². The van der Waals surface area contributed by atoms with Crippen LogP contribution in [0.1, 0.15) is 25.3 Å². The largest absolute Gasteiger partial charge is 0.416 e. The molecule has 0 aliphatic heterocycles. The number of rotatable bonds is 4. The van der Waals surface area contributed by atoms with Gasteiger partial charge in [0.25, 0.3) is 0 Å². The van der Waals surface area contributed by atoms with Crippen LogP contribution in [0, 0.1) is 0 Å². The van der Waals surface area contributed by atoms with E-state index in [1.165, 1.54) is 16.3 Å². The summed E-state index contributed by atoms with van der Waals surface area (Å²) in [5, 5.41) is 11.2. The van der Waals surface area contributed by atoms with Gasteiger partial charge in [0.2, 0.25) is 11.8 Å². The Kier molecular flexibility index (Phi) is 4.58. The van der Waals surface area contributed by atoms with E-state index < -0.39 is 0 Å². The van der Waals surface area contributed by atoms with E-state index in [-0.39, 0.29) is 0 Å². The van der Waals surface area contributed by atoms with Crippen molar-refractivity contribution in [2.24, 2.45) is 0 Å². The van der Waals surface area contributed by atoms with Gasteiger partial charge in [-0.2, -0.15) is 0 Å². The van der Waals surface area contributed by atoms with Crippen LogP contribution in [-0.4, -0.2) is 14.8 Å². The second kappa shape index (κ2) is 7.75.